The first kappa shape index (κ1) is 15.9. The molecule has 2 rings (SSSR count). The minimum absolute atomic E-state index is 0.0904. The van der Waals surface area contributed by atoms with Crippen molar-refractivity contribution in [3.05, 3.63) is 44.7 Å². The summed E-state index contributed by atoms with van der Waals surface area (Å²) in [5.41, 5.74) is 2.39. The maximum atomic E-state index is 11.5. The first-order valence-corrected chi connectivity index (χ1v) is 7.38. The highest BCUT2D eigenvalue weighted by atomic mass is 79.9. The highest BCUT2D eigenvalue weighted by Crippen LogP contribution is 2.36. The van der Waals surface area contributed by atoms with Gasteiger partial charge >= 0.3 is 0 Å². The number of hydrazine groups is 1. The molecule has 0 aliphatic carbocycles. The van der Waals surface area contributed by atoms with Gasteiger partial charge in [0.25, 0.3) is 5.91 Å². The second-order valence-electron chi connectivity index (χ2n) is 3.94. The zero-order chi connectivity index (χ0) is 15.4. The summed E-state index contributed by atoms with van der Waals surface area (Å²) in [6.45, 7) is 0.0904. The molecule has 1 amide bonds. The van der Waals surface area contributed by atoms with Crippen LogP contribution in [0.3, 0.4) is 0 Å². The predicted molar refractivity (Wildman–Crippen MR) is 83.1 cm³/mol. The molecule has 0 saturated heterocycles. The van der Waals surface area contributed by atoms with E-state index in [0.29, 0.717) is 22.8 Å². The van der Waals surface area contributed by atoms with Gasteiger partial charge in [0.15, 0.2) is 5.76 Å². The average Bonchev–Trinajstić information content (AvgIpc) is 2.95. The van der Waals surface area contributed by atoms with Crippen LogP contribution in [0.1, 0.15) is 16.1 Å². The van der Waals surface area contributed by atoms with Gasteiger partial charge in [-0.05, 0) is 50.1 Å². The number of carbonyl (C=O) groups excluding carboxylic acids is 1. The van der Waals surface area contributed by atoms with Gasteiger partial charge in [-0.3, -0.25) is 10.2 Å². The third-order valence-corrected chi connectivity index (χ3v) is 3.93. The zero-order valence-electron chi connectivity index (χ0n) is 11.0. The maximum absolute atomic E-state index is 11.5. The van der Waals surface area contributed by atoms with E-state index >= 15 is 0 Å². The Morgan fingerprint density at radius 1 is 1.33 bits per heavy atom. The molecular weight excluding hydrogens is 408 g/mol. The van der Waals surface area contributed by atoms with Crippen LogP contribution in [-0.4, -0.2) is 13.0 Å². The Morgan fingerprint density at radius 3 is 2.67 bits per heavy atom. The van der Waals surface area contributed by atoms with Crippen molar-refractivity contribution in [1.82, 2.24) is 5.43 Å². The molecule has 0 aliphatic heterocycles. The number of hydrogen-bond donors (Lipinski definition) is 2. The summed E-state index contributed by atoms with van der Waals surface area (Å²) in [7, 11) is 1.58. The number of halogens is 2. The van der Waals surface area contributed by atoms with Gasteiger partial charge in [0.2, 0.25) is 0 Å². The second-order valence-corrected chi connectivity index (χ2v) is 5.65. The van der Waals surface area contributed by atoms with Gasteiger partial charge in [0.05, 0.1) is 27.9 Å². The normalized spacial score (nSPS) is 10.3. The molecule has 0 fully saturated rings. The lowest BCUT2D eigenvalue weighted by Crippen LogP contribution is -2.30. The number of furan rings is 1. The number of methoxy groups -OCH3 is 1. The molecule has 21 heavy (non-hydrogen) atoms. The van der Waals surface area contributed by atoms with Crippen molar-refractivity contribution in [1.29, 1.82) is 0 Å². The van der Waals surface area contributed by atoms with E-state index in [1.807, 2.05) is 0 Å². The topological polar surface area (TPSA) is 86.7 Å². The van der Waals surface area contributed by atoms with Gasteiger partial charge in [-0.1, -0.05) is 0 Å². The van der Waals surface area contributed by atoms with Crippen molar-refractivity contribution in [3.8, 4) is 11.5 Å². The van der Waals surface area contributed by atoms with Crippen LogP contribution in [0.4, 0.5) is 0 Å². The van der Waals surface area contributed by atoms with Gasteiger partial charge in [0, 0.05) is 0 Å². The molecular formula is C13H12Br2N2O4. The molecule has 0 saturated carbocycles. The van der Waals surface area contributed by atoms with E-state index in [1.54, 1.807) is 19.2 Å². The zero-order valence-corrected chi connectivity index (χ0v) is 14.2. The van der Waals surface area contributed by atoms with Crippen LogP contribution in [0.15, 0.2) is 37.8 Å². The molecule has 6 nitrogen and oxygen atoms in total. The van der Waals surface area contributed by atoms with Gasteiger partial charge in [-0.25, -0.2) is 5.84 Å². The van der Waals surface area contributed by atoms with Crippen molar-refractivity contribution in [2.75, 3.05) is 7.11 Å². The number of benzene rings is 1. The first-order valence-electron chi connectivity index (χ1n) is 5.80. The Balaban J connectivity index is 2.16. The lowest BCUT2D eigenvalue weighted by atomic mass is 10.2. The molecule has 0 unspecified atom stereocenters. The Hall–Kier alpha value is -1.51. The van der Waals surface area contributed by atoms with Crippen LogP contribution >= 0.6 is 31.9 Å². The average molecular weight is 420 g/mol. The number of rotatable bonds is 5. The molecule has 0 spiro atoms. The van der Waals surface area contributed by atoms with E-state index in [2.05, 4.69) is 37.3 Å². The summed E-state index contributed by atoms with van der Waals surface area (Å²) in [5.74, 6) is 6.32. The van der Waals surface area contributed by atoms with Gasteiger partial charge in [-0.2, -0.15) is 0 Å². The lowest BCUT2D eigenvalue weighted by molar-refractivity contribution is 0.0949. The van der Waals surface area contributed by atoms with E-state index in [0.717, 1.165) is 8.95 Å². The summed E-state index contributed by atoms with van der Waals surface area (Å²) in [6.07, 6.45) is 1.41. The van der Waals surface area contributed by atoms with E-state index in [1.165, 1.54) is 12.3 Å². The summed E-state index contributed by atoms with van der Waals surface area (Å²) in [4.78, 5) is 11.5. The molecule has 0 atom stereocenters. The fourth-order valence-electron chi connectivity index (χ4n) is 1.65. The maximum Gasteiger partial charge on any atom is 0.268 e. The summed E-state index contributed by atoms with van der Waals surface area (Å²) < 4.78 is 17.5. The van der Waals surface area contributed by atoms with Crippen LogP contribution in [0, 0.1) is 0 Å². The van der Waals surface area contributed by atoms with Crippen LogP contribution < -0.4 is 20.7 Å². The molecule has 0 aliphatic rings. The van der Waals surface area contributed by atoms with E-state index in [4.69, 9.17) is 19.7 Å². The fraction of sp³-hybridized carbons (Fsp3) is 0.154. The second kappa shape index (κ2) is 6.97. The summed E-state index contributed by atoms with van der Waals surface area (Å²) in [5, 5.41) is 0. The summed E-state index contributed by atoms with van der Waals surface area (Å²) in [6, 6.07) is 5.06. The number of hydrogen-bond acceptors (Lipinski definition) is 5. The number of nitrogen functional groups attached to an aromatic ring is 1. The Kier molecular flexibility index (Phi) is 5.27. The third-order valence-electron chi connectivity index (χ3n) is 2.69. The van der Waals surface area contributed by atoms with Gasteiger partial charge in [-0.15, -0.1) is 0 Å². The monoisotopic (exact) mass is 418 g/mol. The molecule has 0 radical (unpaired) electrons. The lowest BCUT2D eigenvalue weighted by Gasteiger charge is -2.11. The highest BCUT2D eigenvalue weighted by Gasteiger charge is 2.15. The highest BCUT2D eigenvalue weighted by molar-refractivity contribution is 9.11. The Bertz CT molecular complexity index is 658. The van der Waals surface area contributed by atoms with Crippen LogP contribution in [0.25, 0.3) is 0 Å². The largest absolute Gasteiger partial charge is 0.496 e. The molecule has 1 aromatic heterocycles. The number of nitrogens with one attached hydrogen (secondary N) is 1. The SMILES string of the molecule is COc1cc(Br)c(OCc2occc2C(=O)NN)cc1Br. The van der Waals surface area contributed by atoms with E-state index in [9.17, 15) is 4.79 Å². The summed E-state index contributed by atoms with van der Waals surface area (Å²) >= 11 is 6.77. The number of amides is 1. The van der Waals surface area contributed by atoms with Crippen LogP contribution in [0.2, 0.25) is 0 Å². The molecule has 1 aromatic carbocycles. The predicted octanol–water partition coefficient (Wildman–Crippen LogP) is 3.00. The molecule has 0 bridgehead atoms. The number of ether oxygens (including phenoxy) is 2. The fourth-order valence-corrected chi connectivity index (χ4v) is 2.57. The quantitative estimate of drug-likeness (QED) is 0.442. The molecule has 3 N–H and O–H groups in total. The Labute approximate surface area is 137 Å². The molecule has 2 aromatic rings. The van der Waals surface area contributed by atoms with Crippen molar-refractivity contribution < 1.29 is 18.7 Å². The van der Waals surface area contributed by atoms with Crippen LogP contribution in [0.5, 0.6) is 11.5 Å². The minimum atomic E-state index is -0.433. The Morgan fingerprint density at radius 2 is 2.00 bits per heavy atom. The van der Waals surface area contributed by atoms with Crippen molar-refractivity contribution in [2.45, 2.75) is 6.61 Å². The number of nitrogens with two attached hydrogens (primary N) is 1. The molecule has 112 valence electrons. The van der Waals surface area contributed by atoms with Crippen molar-refractivity contribution in [2.24, 2.45) is 5.84 Å². The van der Waals surface area contributed by atoms with Gasteiger partial charge in [0.1, 0.15) is 18.1 Å². The van der Waals surface area contributed by atoms with E-state index < -0.39 is 5.91 Å². The molecule has 1 heterocycles. The first-order chi connectivity index (χ1) is 10.1. The number of carbonyl (C=O) groups is 1. The third kappa shape index (κ3) is 3.58. The van der Waals surface area contributed by atoms with Gasteiger partial charge < -0.3 is 13.9 Å². The van der Waals surface area contributed by atoms with Crippen molar-refractivity contribution >= 4 is 37.8 Å². The standard InChI is InChI=1S/C13H12Br2N2O4/c1-19-10-4-9(15)11(5-8(10)14)21-6-12-7(2-3-20-12)13(18)17-16/h2-5H,6,16H2,1H3,(H,17,18). The van der Waals surface area contributed by atoms with Crippen molar-refractivity contribution in [3.63, 3.8) is 0 Å². The molecule has 8 heteroatoms. The van der Waals surface area contributed by atoms with Crippen LogP contribution in [-0.2, 0) is 6.61 Å². The van der Waals surface area contributed by atoms with E-state index in [-0.39, 0.29) is 6.61 Å². The smallest absolute Gasteiger partial charge is 0.268 e. The minimum Gasteiger partial charge on any atom is -0.496 e.